The second kappa shape index (κ2) is 12.9. The summed E-state index contributed by atoms with van der Waals surface area (Å²) in [6.45, 7) is 2.23. The second-order valence-corrected chi connectivity index (χ2v) is 10.7. The number of carbonyl (C=O) groups excluding carboxylic acids is 4. The number of nitrogens with two attached hydrogens (primary N) is 2. The van der Waals surface area contributed by atoms with Crippen molar-refractivity contribution in [1.82, 2.24) is 14.6 Å². The number of ether oxygens (including phenoxy) is 1. The number of primary amides is 1. The van der Waals surface area contributed by atoms with E-state index in [-0.39, 0.29) is 57.0 Å². The van der Waals surface area contributed by atoms with Crippen LogP contribution in [0.5, 0.6) is 0 Å². The van der Waals surface area contributed by atoms with Crippen LogP contribution in [0.4, 0.5) is 10.8 Å². The molecule has 0 spiro atoms. The molecule has 0 aliphatic carbocycles. The average Bonchev–Trinajstić information content (AvgIpc) is 3.28. The van der Waals surface area contributed by atoms with Crippen LogP contribution in [0, 0.1) is 10.1 Å². The second-order valence-electron chi connectivity index (χ2n) is 8.52. The predicted octanol–water partition coefficient (Wildman–Crippen LogP) is -1.79. The van der Waals surface area contributed by atoms with Gasteiger partial charge in [-0.05, 0) is 31.5 Å². The van der Waals surface area contributed by atoms with Crippen LogP contribution < -0.4 is 16.8 Å². The van der Waals surface area contributed by atoms with E-state index >= 15 is 0 Å². The third kappa shape index (κ3) is 7.74. The van der Waals surface area contributed by atoms with Gasteiger partial charge in [-0.2, -0.15) is 12.7 Å². The van der Waals surface area contributed by atoms with Crippen LogP contribution in [-0.2, 0) is 45.7 Å². The number of amides is 3. The summed E-state index contributed by atoms with van der Waals surface area (Å²) in [5, 5.41) is 17.8. The Labute approximate surface area is 257 Å². The average molecular weight is 624 g/mol. The van der Waals surface area contributed by atoms with Crippen molar-refractivity contribution in [2.75, 3.05) is 5.73 Å². The van der Waals surface area contributed by atoms with Crippen LogP contribution in [0.25, 0.3) is 0 Å². The number of nitro groups is 1. The first-order chi connectivity index (χ1) is 18.5. The summed E-state index contributed by atoms with van der Waals surface area (Å²) in [5.74, 6) is -4.83. The Bertz CT molecular complexity index is 1510. The minimum atomic E-state index is -5.15. The summed E-state index contributed by atoms with van der Waals surface area (Å²) in [6, 6.07) is 1.51. The van der Waals surface area contributed by atoms with Crippen LogP contribution in [-0.4, -0.2) is 104 Å². The molecule has 1 fully saturated rings. The third-order valence-corrected chi connectivity index (χ3v) is 6.81. The van der Waals surface area contributed by atoms with E-state index in [0.717, 1.165) is 11.3 Å². The predicted molar refractivity (Wildman–Crippen MR) is 142 cm³/mol. The van der Waals surface area contributed by atoms with Crippen LogP contribution in [0.2, 0.25) is 0 Å². The van der Waals surface area contributed by atoms with Crippen molar-refractivity contribution in [2.24, 2.45) is 10.9 Å². The minimum absolute atomic E-state index is 0. The van der Waals surface area contributed by atoms with Crippen molar-refractivity contribution in [3.8, 4) is 0 Å². The number of carbonyl (C=O) groups is 4. The number of hydrogen-bond acceptors (Lipinski definition) is 14. The maximum absolute atomic E-state index is 13.0. The number of aromatic nitrogens is 1. The number of oxime groups is 1. The van der Waals surface area contributed by atoms with E-state index in [1.54, 1.807) is 0 Å². The van der Waals surface area contributed by atoms with Crippen molar-refractivity contribution >= 4 is 91.4 Å². The Hall–Kier alpha value is -3.69. The van der Waals surface area contributed by atoms with Crippen molar-refractivity contribution in [3.05, 3.63) is 51.0 Å². The molecule has 3 amide bonds. The third-order valence-electron chi connectivity index (χ3n) is 5.23. The summed E-state index contributed by atoms with van der Waals surface area (Å²) < 4.78 is 36.9. The van der Waals surface area contributed by atoms with Gasteiger partial charge in [0.15, 0.2) is 16.9 Å². The molecule has 3 rings (SSSR count). The molecule has 18 nitrogen and oxygen atoms in total. The van der Waals surface area contributed by atoms with Crippen molar-refractivity contribution in [3.63, 3.8) is 0 Å². The van der Waals surface area contributed by atoms with E-state index in [9.17, 15) is 37.7 Å². The molecule has 2 unspecified atom stereocenters. The number of anilines is 1. The van der Waals surface area contributed by atoms with E-state index in [0.29, 0.717) is 5.56 Å². The van der Waals surface area contributed by atoms with E-state index in [1.165, 1.54) is 43.5 Å². The summed E-state index contributed by atoms with van der Waals surface area (Å²) >= 11 is 0.902. The molecule has 2 aromatic rings. The van der Waals surface area contributed by atoms with Crippen molar-refractivity contribution in [2.45, 2.75) is 38.1 Å². The maximum atomic E-state index is 13.0. The van der Waals surface area contributed by atoms with E-state index < -0.39 is 62.3 Å². The van der Waals surface area contributed by atoms with Gasteiger partial charge < -0.3 is 26.4 Å². The van der Waals surface area contributed by atoms with Gasteiger partial charge in [-0.3, -0.25) is 29.1 Å². The van der Waals surface area contributed by atoms with Crippen LogP contribution in [0.3, 0.4) is 0 Å². The Balaban J connectivity index is 0.00000588. The van der Waals surface area contributed by atoms with Gasteiger partial charge in [-0.25, -0.2) is 9.78 Å². The molecule has 1 aromatic heterocycles. The number of thiazole rings is 1. The molecule has 1 saturated heterocycles. The Kier molecular flexibility index (Phi) is 10.5. The fourth-order valence-corrected chi connectivity index (χ4v) is 4.59. The van der Waals surface area contributed by atoms with Crippen LogP contribution in [0.1, 0.15) is 25.1 Å². The number of β-lactam (4-membered cyclic amide) rings is 1. The number of nitrogens with one attached hydrogen (secondary N) is 1. The number of esters is 1. The van der Waals surface area contributed by atoms with Crippen molar-refractivity contribution < 1.29 is 46.6 Å². The van der Waals surface area contributed by atoms with Gasteiger partial charge in [0.05, 0.1) is 4.92 Å². The molecule has 41 heavy (non-hydrogen) atoms. The molecular weight excluding hydrogens is 601 g/mol. The summed E-state index contributed by atoms with van der Waals surface area (Å²) in [6.07, 6.45) is 0. The quantitative estimate of drug-likeness (QED) is 0.0410. The number of non-ortho nitro benzene ring substituents is 1. The summed E-state index contributed by atoms with van der Waals surface area (Å²) in [7, 11) is -5.15. The number of nitrogens with zero attached hydrogens (tertiary/aromatic N) is 4. The van der Waals surface area contributed by atoms with Crippen molar-refractivity contribution in [1.29, 1.82) is 0 Å². The number of rotatable bonds is 11. The summed E-state index contributed by atoms with van der Waals surface area (Å²) in [4.78, 5) is 68.9. The van der Waals surface area contributed by atoms with Crippen LogP contribution >= 0.6 is 11.3 Å². The molecular formula is C20H22N7NaO11S2. The zero-order valence-electron chi connectivity index (χ0n) is 20.5. The van der Waals surface area contributed by atoms with Gasteiger partial charge in [0.25, 0.3) is 17.5 Å². The monoisotopic (exact) mass is 623 g/mol. The number of benzene rings is 1. The first kappa shape index (κ1) is 33.5. The van der Waals surface area contributed by atoms with Gasteiger partial charge in [0.1, 0.15) is 18.3 Å². The van der Waals surface area contributed by atoms with Gasteiger partial charge in [-0.15, -0.1) is 11.3 Å². The number of nitrogen functional groups attached to an aromatic ring is 1. The molecule has 21 heteroatoms. The Morgan fingerprint density at radius 2 is 1.90 bits per heavy atom. The van der Waals surface area contributed by atoms with E-state index in [2.05, 4.69) is 15.5 Å². The van der Waals surface area contributed by atoms with E-state index in [1.807, 2.05) is 0 Å². The Morgan fingerprint density at radius 1 is 1.29 bits per heavy atom. The number of nitro benzene ring substituents is 1. The number of hydrogen-bond donors (Lipinski definition) is 4. The fourth-order valence-electron chi connectivity index (χ4n) is 3.18. The van der Waals surface area contributed by atoms with Crippen LogP contribution in [0.15, 0.2) is 34.8 Å². The SMILES string of the molecule is CC(C)(O/N=C(\C(=O)NC1C(=O)N(S(=O)(=O)O)C1C(N)=O)c1csc(N)n1)C(=O)OCc1ccc([N+](=O)[O-])cc1.[NaH]. The molecule has 216 valence electrons. The molecule has 0 saturated carbocycles. The molecule has 2 heterocycles. The zero-order valence-corrected chi connectivity index (χ0v) is 22.2. The van der Waals surface area contributed by atoms with Gasteiger partial charge in [0, 0.05) is 17.5 Å². The van der Waals surface area contributed by atoms with Gasteiger partial charge >= 0.3 is 45.8 Å². The van der Waals surface area contributed by atoms with Gasteiger partial charge in [0.2, 0.25) is 11.5 Å². The fraction of sp³-hybridized carbons (Fsp3) is 0.300. The summed E-state index contributed by atoms with van der Waals surface area (Å²) in [5.41, 5.74) is 8.42. The molecule has 1 aliphatic rings. The molecule has 0 bridgehead atoms. The first-order valence-corrected chi connectivity index (χ1v) is 13.1. The molecule has 0 radical (unpaired) electrons. The molecule has 6 N–H and O–H groups in total. The Morgan fingerprint density at radius 3 is 2.39 bits per heavy atom. The molecule has 1 aromatic carbocycles. The standard InChI is InChI=1S/C20H21N7O11S2.Na.H/c1-20(2,18(31)37-7-9-3-5-10(6-4-9)27(32)33)38-25-12(11-8-39-19(22)23-11)16(29)24-13-14(15(21)28)26(17(13)30)40(34,35)36;;/h3-6,8,13-14H,7H2,1-2H3,(H2,21,28)(H2,22,23)(H,24,29)(H,34,35,36);;/b25-12-;;. The molecule has 1 aliphatic heterocycles. The zero-order chi connectivity index (χ0) is 30.0. The van der Waals surface area contributed by atoms with Gasteiger partial charge in [-0.1, -0.05) is 5.16 Å². The first-order valence-electron chi connectivity index (χ1n) is 10.8. The molecule has 2 atom stereocenters. The topological polar surface area (TPSA) is 277 Å². The normalized spacial score (nSPS) is 17.1. The van der Waals surface area contributed by atoms with E-state index in [4.69, 9.17) is 25.6 Å².